The number of para-hydroxylation sites is 1. The molecule has 2 N–H and O–H groups in total. The highest BCUT2D eigenvalue weighted by Gasteiger charge is 2.35. The lowest BCUT2D eigenvalue weighted by molar-refractivity contribution is -0.120. The molecule has 2 heterocycles. The van der Waals surface area contributed by atoms with Crippen LogP contribution in [0, 0.1) is 0 Å². The van der Waals surface area contributed by atoms with Gasteiger partial charge >= 0.3 is 0 Å². The zero-order valence-electron chi connectivity index (χ0n) is 11.8. The quantitative estimate of drug-likeness (QED) is 0.880. The Labute approximate surface area is 120 Å². The molecule has 0 saturated carbocycles. The second kappa shape index (κ2) is 6.27. The number of anilines is 1. The fraction of sp³-hybridized carbons (Fsp3) is 0.562. The lowest BCUT2D eigenvalue weighted by Gasteiger charge is -2.32. The van der Waals surface area contributed by atoms with Crippen LogP contribution in [0.2, 0.25) is 0 Å². The standard InChI is InChI=1S/C16H23N3O/c20-16(12-17-13-6-2-1-3-7-13)18-14-9-11-19-10-5-4-8-15(14)19/h1-3,6-7,14-15,17H,4-5,8-12H2,(H,18,20). The Balaban J connectivity index is 1.47. The molecule has 1 aromatic carbocycles. The Hall–Kier alpha value is -1.55. The molecule has 4 heteroatoms. The van der Waals surface area contributed by atoms with Crippen LogP contribution in [-0.4, -0.2) is 42.5 Å². The number of carbonyl (C=O) groups is 1. The predicted molar refractivity (Wildman–Crippen MR) is 80.7 cm³/mol. The second-order valence-corrected chi connectivity index (χ2v) is 5.78. The molecule has 1 amide bonds. The lowest BCUT2D eigenvalue weighted by atomic mass is 9.99. The van der Waals surface area contributed by atoms with Gasteiger partial charge < -0.3 is 10.6 Å². The van der Waals surface area contributed by atoms with Crippen LogP contribution in [-0.2, 0) is 4.79 Å². The molecule has 2 fully saturated rings. The molecule has 1 aromatic rings. The zero-order chi connectivity index (χ0) is 13.8. The van der Waals surface area contributed by atoms with Crippen molar-refractivity contribution in [2.24, 2.45) is 0 Å². The summed E-state index contributed by atoms with van der Waals surface area (Å²) in [7, 11) is 0. The molecule has 0 radical (unpaired) electrons. The summed E-state index contributed by atoms with van der Waals surface area (Å²) in [6, 6.07) is 10.8. The van der Waals surface area contributed by atoms with E-state index in [0.29, 0.717) is 18.6 Å². The first-order chi connectivity index (χ1) is 9.83. The van der Waals surface area contributed by atoms with Crippen molar-refractivity contribution in [3.63, 3.8) is 0 Å². The largest absolute Gasteiger partial charge is 0.376 e. The van der Waals surface area contributed by atoms with E-state index in [9.17, 15) is 4.79 Å². The zero-order valence-corrected chi connectivity index (χ0v) is 11.8. The van der Waals surface area contributed by atoms with Gasteiger partial charge in [0.15, 0.2) is 0 Å². The summed E-state index contributed by atoms with van der Waals surface area (Å²) in [6.45, 7) is 2.70. The van der Waals surface area contributed by atoms with Crippen molar-refractivity contribution in [3.05, 3.63) is 30.3 Å². The first kappa shape index (κ1) is 13.4. The van der Waals surface area contributed by atoms with Crippen LogP contribution in [0.5, 0.6) is 0 Å². The number of amides is 1. The topological polar surface area (TPSA) is 44.4 Å². The minimum atomic E-state index is 0.103. The maximum absolute atomic E-state index is 12.1. The SMILES string of the molecule is O=C(CNc1ccccc1)NC1CCN2CCCCC12. The van der Waals surface area contributed by atoms with Gasteiger partial charge in [0, 0.05) is 24.3 Å². The van der Waals surface area contributed by atoms with Gasteiger partial charge in [0.05, 0.1) is 6.54 Å². The van der Waals surface area contributed by atoms with Crippen LogP contribution in [0.1, 0.15) is 25.7 Å². The van der Waals surface area contributed by atoms with Crippen LogP contribution in [0.25, 0.3) is 0 Å². The molecular formula is C16H23N3O. The predicted octanol–water partition coefficient (Wildman–Crippen LogP) is 1.84. The monoisotopic (exact) mass is 273 g/mol. The molecule has 0 aromatic heterocycles. The van der Waals surface area contributed by atoms with E-state index in [0.717, 1.165) is 18.7 Å². The second-order valence-electron chi connectivity index (χ2n) is 5.78. The van der Waals surface area contributed by atoms with Gasteiger partial charge in [-0.1, -0.05) is 24.6 Å². The van der Waals surface area contributed by atoms with Gasteiger partial charge in [0.25, 0.3) is 0 Å². The number of piperidine rings is 1. The number of fused-ring (bicyclic) bond motifs is 1. The van der Waals surface area contributed by atoms with E-state index in [4.69, 9.17) is 0 Å². The van der Waals surface area contributed by atoms with Crippen molar-refractivity contribution >= 4 is 11.6 Å². The highest BCUT2D eigenvalue weighted by molar-refractivity contribution is 5.81. The Kier molecular flexibility index (Phi) is 4.21. The van der Waals surface area contributed by atoms with E-state index >= 15 is 0 Å². The molecule has 4 nitrogen and oxygen atoms in total. The first-order valence-corrected chi connectivity index (χ1v) is 7.65. The molecule has 2 atom stereocenters. The van der Waals surface area contributed by atoms with Crippen molar-refractivity contribution in [1.82, 2.24) is 10.2 Å². The molecular weight excluding hydrogens is 250 g/mol. The molecule has 0 spiro atoms. The van der Waals surface area contributed by atoms with Gasteiger partial charge in [-0.15, -0.1) is 0 Å². The number of nitrogens with one attached hydrogen (secondary N) is 2. The van der Waals surface area contributed by atoms with Crippen LogP contribution in [0.15, 0.2) is 30.3 Å². The highest BCUT2D eigenvalue weighted by atomic mass is 16.2. The van der Waals surface area contributed by atoms with E-state index in [1.54, 1.807) is 0 Å². The van der Waals surface area contributed by atoms with Crippen molar-refractivity contribution in [2.75, 3.05) is 25.0 Å². The molecule has 2 unspecified atom stereocenters. The molecule has 3 rings (SSSR count). The van der Waals surface area contributed by atoms with E-state index < -0.39 is 0 Å². The third-order valence-corrected chi connectivity index (χ3v) is 4.43. The smallest absolute Gasteiger partial charge is 0.239 e. The number of benzene rings is 1. The van der Waals surface area contributed by atoms with Crippen LogP contribution in [0.4, 0.5) is 5.69 Å². The van der Waals surface area contributed by atoms with Crippen LogP contribution >= 0.6 is 0 Å². The van der Waals surface area contributed by atoms with Crippen LogP contribution < -0.4 is 10.6 Å². The molecule has 2 aliphatic rings. The highest BCUT2D eigenvalue weighted by Crippen LogP contribution is 2.26. The van der Waals surface area contributed by atoms with Gasteiger partial charge in [0.2, 0.25) is 5.91 Å². The summed E-state index contributed by atoms with van der Waals surface area (Å²) in [4.78, 5) is 14.6. The third-order valence-electron chi connectivity index (χ3n) is 4.43. The number of hydrogen-bond acceptors (Lipinski definition) is 3. The average molecular weight is 273 g/mol. The normalized spacial score (nSPS) is 26.0. The molecule has 108 valence electrons. The van der Waals surface area contributed by atoms with E-state index in [-0.39, 0.29) is 5.91 Å². The minimum absolute atomic E-state index is 0.103. The van der Waals surface area contributed by atoms with Crippen LogP contribution in [0.3, 0.4) is 0 Å². The molecule has 20 heavy (non-hydrogen) atoms. The van der Waals surface area contributed by atoms with E-state index in [2.05, 4.69) is 15.5 Å². The summed E-state index contributed by atoms with van der Waals surface area (Å²) in [5.74, 6) is 0.103. The summed E-state index contributed by atoms with van der Waals surface area (Å²) >= 11 is 0. The summed E-state index contributed by atoms with van der Waals surface area (Å²) in [6.07, 6.45) is 4.95. The van der Waals surface area contributed by atoms with Gasteiger partial charge in [-0.3, -0.25) is 9.69 Å². The summed E-state index contributed by atoms with van der Waals surface area (Å²) in [5.41, 5.74) is 0.994. The van der Waals surface area contributed by atoms with Gasteiger partial charge in [-0.05, 0) is 37.9 Å². The fourth-order valence-electron chi connectivity index (χ4n) is 3.41. The summed E-state index contributed by atoms with van der Waals surface area (Å²) in [5, 5.41) is 6.37. The van der Waals surface area contributed by atoms with Gasteiger partial charge in [-0.25, -0.2) is 0 Å². The van der Waals surface area contributed by atoms with Gasteiger partial charge in [-0.2, -0.15) is 0 Å². The Morgan fingerprint density at radius 1 is 1.15 bits per heavy atom. The number of rotatable bonds is 4. The molecule has 2 aliphatic heterocycles. The Bertz CT molecular complexity index is 448. The number of nitrogens with zero attached hydrogens (tertiary/aromatic N) is 1. The number of carbonyl (C=O) groups excluding carboxylic acids is 1. The van der Waals surface area contributed by atoms with E-state index in [1.165, 1.54) is 25.8 Å². The third kappa shape index (κ3) is 3.12. The Morgan fingerprint density at radius 3 is 2.85 bits per heavy atom. The fourth-order valence-corrected chi connectivity index (χ4v) is 3.41. The maximum Gasteiger partial charge on any atom is 0.239 e. The van der Waals surface area contributed by atoms with Gasteiger partial charge in [0.1, 0.15) is 0 Å². The van der Waals surface area contributed by atoms with Crippen molar-refractivity contribution in [3.8, 4) is 0 Å². The maximum atomic E-state index is 12.1. The van der Waals surface area contributed by atoms with Crippen molar-refractivity contribution in [1.29, 1.82) is 0 Å². The first-order valence-electron chi connectivity index (χ1n) is 7.65. The molecule has 0 bridgehead atoms. The molecule has 0 aliphatic carbocycles. The lowest BCUT2D eigenvalue weighted by Crippen LogP contribution is -2.48. The molecule has 2 saturated heterocycles. The van der Waals surface area contributed by atoms with Crippen molar-refractivity contribution < 1.29 is 4.79 Å². The average Bonchev–Trinajstić information content (AvgIpc) is 2.90. The Morgan fingerprint density at radius 2 is 2.00 bits per heavy atom. The summed E-state index contributed by atoms with van der Waals surface area (Å²) < 4.78 is 0. The van der Waals surface area contributed by atoms with E-state index in [1.807, 2.05) is 30.3 Å². The minimum Gasteiger partial charge on any atom is -0.376 e. The number of hydrogen-bond donors (Lipinski definition) is 2. The van der Waals surface area contributed by atoms with Crippen molar-refractivity contribution in [2.45, 2.75) is 37.8 Å².